The van der Waals surface area contributed by atoms with Crippen molar-refractivity contribution in [1.82, 2.24) is 19.7 Å². The summed E-state index contributed by atoms with van der Waals surface area (Å²) in [6, 6.07) is 16.4. The maximum atomic E-state index is 13.0. The van der Waals surface area contributed by atoms with E-state index in [9.17, 15) is 4.79 Å². The van der Waals surface area contributed by atoms with Gasteiger partial charge in [0.1, 0.15) is 12.1 Å². The van der Waals surface area contributed by atoms with E-state index < -0.39 is 0 Å². The zero-order valence-electron chi connectivity index (χ0n) is 16.6. The molecule has 7 heteroatoms. The van der Waals surface area contributed by atoms with Crippen molar-refractivity contribution in [3.63, 3.8) is 0 Å². The fourth-order valence-corrected chi connectivity index (χ4v) is 3.96. The molecule has 6 nitrogen and oxygen atoms in total. The lowest BCUT2D eigenvalue weighted by molar-refractivity contribution is -0.129. The van der Waals surface area contributed by atoms with Gasteiger partial charge in [-0.25, -0.2) is 0 Å². The first-order valence-corrected chi connectivity index (χ1v) is 10.6. The summed E-state index contributed by atoms with van der Waals surface area (Å²) in [6.07, 6.45) is 3.84. The molecule has 1 aromatic heterocycles. The molecule has 1 heterocycles. The topological polar surface area (TPSA) is 60.2 Å². The highest BCUT2D eigenvalue weighted by atomic mass is 32.2. The number of benzene rings is 2. The van der Waals surface area contributed by atoms with Crippen LogP contribution in [0.5, 0.6) is 5.75 Å². The molecule has 1 aliphatic carbocycles. The average Bonchev–Trinajstić information content (AvgIpc) is 3.48. The molecular formula is C22H24N4O2S. The van der Waals surface area contributed by atoms with E-state index in [-0.39, 0.29) is 5.91 Å². The number of aryl methyl sites for hydroxylation is 1. The molecule has 0 spiro atoms. The lowest BCUT2D eigenvalue weighted by Crippen LogP contribution is -2.34. The third-order valence-electron chi connectivity index (χ3n) is 4.97. The average molecular weight is 409 g/mol. The van der Waals surface area contributed by atoms with Crippen LogP contribution in [0.15, 0.2) is 60.0 Å². The highest BCUT2D eigenvalue weighted by Crippen LogP contribution is 2.30. The minimum absolute atomic E-state index is 0.131. The highest BCUT2D eigenvalue weighted by molar-refractivity contribution is 7.99. The van der Waals surface area contributed by atoms with Crippen LogP contribution >= 0.6 is 11.8 Å². The van der Waals surface area contributed by atoms with Crippen molar-refractivity contribution >= 4 is 17.7 Å². The van der Waals surface area contributed by atoms with E-state index in [4.69, 9.17) is 4.74 Å². The molecule has 0 bridgehead atoms. The highest BCUT2D eigenvalue weighted by Gasteiger charge is 2.32. The van der Waals surface area contributed by atoms with Crippen LogP contribution in [-0.4, -0.2) is 44.5 Å². The lowest BCUT2D eigenvalue weighted by atomic mass is 10.2. The molecule has 0 saturated heterocycles. The van der Waals surface area contributed by atoms with Crippen molar-refractivity contribution in [2.24, 2.45) is 0 Å². The second-order valence-corrected chi connectivity index (χ2v) is 8.15. The normalized spacial score (nSPS) is 13.3. The molecule has 29 heavy (non-hydrogen) atoms. The molecule has 0 unspecified atom stereocenters. The van der Waals surface area contributed by atoms with Gasteiger partial charge in [0.05, 0.1) is 12.9 Å². The van der Waals surface area contributed by atoms with Crippen LogP contribution in [0.2, 0.25) is 0 Å². The fraction of sp³-hybridized carbons (Fsp3) is 0.318. The van der Waals surface area contributed by atoms with Gasteiger partial charge in [-0.15, -0.1) is 10.2 Å². The summed E-state index contributed by atoms with van der Waals surface area (Å²) in [5, 5.41) is 8.96. The Morgan fingerprint density at radius 1 is 1.17 bits per heavy atom. The van der Waals surface area contributed by atoms with E-state index in [2.05, 4.69) is 29.3 Å². The van der Waals surface area contributed by atoms with Gasteiger partial charge in [0.2, 0.25) is 5.91 Å². The summed E-state index contributed by atoms with van der Waals surface area (Å²) in [5.41, 5.74) is 3.30. The van der Waals surface area contributed by atoms with Crippen LogP contribution in [0.25, 0.3) is 5.69 Å². The summed E-state index contributed by atoms with van der Waals surface area (Å²) in [7, 11) is 1.65. The number of hydrogen-bond donors (Lipinski definition) is 0. The van der Waals surface area contributed by atoms with E-state index >= 15 is 0 Å². The maximum absolute atomic E-state index is 13.0. The summed E-state index contributed by atoms with van der Waals surface area (Å²) in [5.74, 6) is 1.30. The molecule has 1 amide bonds. The molecule has 150 valence electrons. The number of amides is 1. The number of nitrogens with zero attached hydrogens (tertiary/aromatic N) is 4. The van der Waals surface area contributed by atoms with Crippen molar-refractivity contribution in [1.29, 1.82) is 0 Å². The molecular weight excluding hydrogens is 384 g/mol. The van der Waals surface area contributed by atoms with E-state index in [1.807, 2.05) is 45.9 Å². The number of thioether (sulfide) groups is 1. The fourth-order valence-electron chi connectivity index (χ4n) is 3.15. The standard InChI is InChI=1S/C22H24N4O2S/c1-16-3-7-19(8-4-16)26-15-23-24-22(26)29-14-21(27)25(18-9-10-18)13-17-5-11-20(28-2)12-6-17/h3-8,11-12,15,18H,9-10,13-14H2,1-2H3. The molecule has 0 radical (unpaired) electrons. The van der Waals surface area contributed by atoms with Crippen LogP contribution in [0.3, 0.4) is 0 Å². The van der Waals surface area contributed by atoms with E-state index in [1.165, 1.54) is 17.3 Å². The van der Waals surface area contributed by atoms with Gasteiger partial charge in [-0.2, -0.15) is 0 Å². The Morgan fingerprint density at radius 2 is 1.90 bits per heavy atom. The molecule has 1 saturated carbocycles. The first-order valence-electron chi connectivity index (χ1n) is 9.66. The smallest absolute Gasteiger partial charge is 0.233 e. The number of ether oxygens (including phenoxy) is 1. The van der Waals surface area contributed by atoms with Crippen LogP contribution in [0.4, 0.5) is 0 Å². The summed E-state index contributed by atoms with van der Waals surface area (Å²) in [4.78, 5) is 15.0. The summed E-state index contributed by atoms with van der Waals surface area (Å²) >= 11 is 1.43. The van der Waals surface area contributed by atoms with Crippen LogP contribution in [0, 0.1) is 6.92 Å². The van der Waals surface area contributed by atoms with Crippen molar-refractivity contribution < 1.29 is 9.53 Å². The maximum Gasteiger partial charge on any atom is 0.233 e. The second kappa shape index (κ2) is 8.69. The van der Waals surface area contributed by atoms with Crippen molar-refractivity contribution in [2.45, 2.75) is 37.5 Å². The van der Waals surface area contributed by atoms with Gasteiger partial charge in [0, 0.05) is 18.3 Å². The third-order valence-corrected chi connectivity index (χ3v) is 5.90. The molecule has 0 atom stereocenters. The minimum Gasteiger partial charge on any atom is -0.497 e. The second-order valence-electron chi connectivity index (χ2n) is 7.21. The molecule has 1 fully saturated rings. The third kappa shape index (κ3) is 4.79. The quantitative estimate of drug-likeness (QED) is 0.530. The van der Waals surface area contributed by atoms with Gasteiger partial charge >= 0.3 is 0 Å². The van der Waals surface area contributed by atoms with Gasteiger partial charge in [-0.3, -0.25) is 9.36 Å². The van der Waals surface area contributed by atoms with Gasteiger partial charge in [-0.05, 0) is 49.6 Å². The van der Waals surface area contributed by atoms with Gasteiger partial charge in [-0.1, -0.05) is 41.6 Å². The first kappa shape index (κ1) is 19.5. The van der Waals surface area contributed by atoms with Gasteiger partial charge in [0.15, 0.2) is 5.16 Å². The monoisotopic (exact) mass is 408 g/mol. The summed E-state index contributed by atoms with van der Waals surface area (Å²) in [6.45, 7) is 2.68. The number of rotatable bonds is 8. The molecule has 0 aliphatic heterocycles. The zero-order chi connectivity index (χ0) is 20.2. The Morgan fingerprint density at radius 3 is 2.55 bits per heavy atom. The number of hydrogen-bond acceptors (Lipinski definition) is 5. The molecule has 3 aromatic rings. The minimum atomic E-state index is 0.131. The first-order chi connectivity index (χ1) is 14.1. The van der Waals surface area contributed by atoms with Crippen molar-refractivity contribution in [3.05, 3.63) is 66.0 Å². The van der Waals surface area contributed by atoms with Gasteiger partial charge < -0.3 is 9.64 Å². The van der Waals surface area contributed by atoms with Crippen LogP contribution in [-0.2, 0) is 11.3 Å². The summed E-state index contributed by atoms with van der Waals surface area (Å²) < 4.78 is 7.14. The van der Waals surface area contributed by atoms with E-state index in [1.54, 1.807) is 13.4 Å². The molecule has 2 aromatic carbocycles. The lowest BCUT2D eigenvalue weighted by Gasteiger charge is -2.22. The Hall–Kier alpha value is -2.80. The zero-order valence-corrected chi connectivity index (χ0v) is 17.4. The predicted octanol–water partition coefficient (Wildman–Crippen LogP) is 3.87. The Bertz CT molecular complexity index is 965. The Kier molecular flexibility index (Phi) is 5.85. The SMILES string of the molecule is COc1ccc(CN(C(=O)CSc2nncn2-c2ccc(C)cc2)C2CC2)cc1. The number of carbonyl (C=O) groups excluding carboxylic acids is 1. The van der Waals surface area contributed by atoms with Crippen molar-refractivity contribution in [2.75, 3.05) is 12.9 Å². The van der Waals surface area contributed by atoms with Crippen LogP contribution in [0.1, 0.15) is 24.0 Å². The van der Waals surface area contributed by atoms with E-state index in [0.717, 1.165) is 35.0 Å². The Labute approximate surface area is 174 Å². The Balaban J connectivity index is 1.41. The van der Waals surface area contributed by atoms with Crippen molar-refractivity contribution in [3.8, 4) is 11.4 Å². The molecule has 4 rings (SSSR count). The molecule has 1 aliphatic rings. The van der Waals surface area contributed by atoms with Crippen LogP contribution < -0.4 is 4.74 Å². The predicted molar refractivity (Wildman–Crippen MR) is 113 cm³/mol. The molecule has 0 N–H and O–H groups in total. The number of aromatic nitrogens is 3. The number of methoxy groups -OCH3 is 1. The number of carbonyl (C=O) groups is 1. The van der Waals surface area contributed by atoms with Gasteiger partial charge in [0.25, 0.3) is 0 Å². The largest absolute Gasteiger partial charge is 0.497 e. The van der Waals surface area contributed by atoms with E-state index in [0.29, 0.717) is 18.3 Å².